The first-order valence-electron chi connectivity index (χ1n) is 9.56. The number of hydrogen-bond donors (Lipinski definition) is 1. The minimum absolute atomic E-state index is 0.0443. The molecule has 2 heterocycles. The molecule has 0 amide bonds. The third kappa shape index (κ3) is 6.20. The summed E-state index contributed by atoms with van der Waals surface area (Å²) >= 11 is 0. The topological polar surface area (TPSA) is 80.2 Å². The van der Waals surface area contributed by atoms with Gasteiger partial charge >= 0.3 is 5.97 Å². The summed E-state index contributed by atoms with van der Waals surface area (Å²) in [5, 5.41) is 3.72. The Balaban J connectivity index is 2.06. The van der Waals surface area contributed by atoms with Gasteiger partial charge in [-0.15, -0.1) is 0 Å². The Bertz CT molecular complexity index is 561. The molecule has 1 aromatic rings. The van der Waals surface area contributed by atoms with Crippen molar-refractivity contribution in [3.63, 3.8) is 0 Å². The zero-order valence-corrected chi connectivity index (χ0v) is 16.8. The average Bonchev–Trinajstić information content (AvgIpc) is 2.53. The van der Waals surface area contributed by atoms with Gasteiger partial charge in [-0.25, -0.2) is 15.0 Å². The Labute approximate surface area is 157 Å². The molecule has 146 valence electrons. The molecular formula is C19H33N5O2. The van der Waals surface area contributed by atoms with Gasteiger partial charge in [0.15, 0.2) is 0 Å². The van der Waals surface area contributed by atoms with Crippen molar-refractivity contribution in [2.24, 2.45) is 0 Å². The van der Waals surface area contributed by atoms with Crippen LogP contribution in [0.1, 0.15) is 66.7 Å². The first-order valence-corrected chi connectivity index (χ1v) is 9.56. The van der Waals surface area contributed by atoms with Gasteiger partial charge in [-0.1, -0.05) is 0 Å². The van der Waals surface area contributed by atoms with Crippen LogP contribution in [-0.4, -0.2) is 51.2 Å². The van der Waals surface area contributed by atoms with Crippen LogP contribution < -0.4 is 10.2 Å². The zero-order valence-electron chi connectivity index (χ0n) is 16.8. The van der Waals surface area contributed by atoms with E-state index in [1.807, 2.05) is 6.92 Å². The molecule has 0 aliphatic carbocycles. The van der Waals surface area contributed by atoms with Gasteiger partial charge in [-0.3, -0.25) is 4.79 Å². The van der Waals surface area contributed by atoms with Crippen molar-refractivity contribution in [2.45, 2.75) is 83.8 Å². The van der Waals surface area contributed by atoms with E-state index in [1.54, 1.807) is 12.7 Å². The quantitative estimate of drug-likeness (QED) is 0.562. The van der Waals surface area contributed by atoms with E-state index in [1.165, 1.54) is 0 Å². The molecule has 26 heavy (non-hydrogen) atoms. The molecule has 0 radical (unpaired) electrons. The molecule has 1 fully saturated rings. The number of nitrogens with one attached hydrogen (secondary N) is 1. The highest BCUT2D eigenvalue weighted by molar-refractivity contribution is 5.69. The van der Waals surface area contributed by atoms with Gasteiger partial charge in [0.05, 0.1) is 6.61 Å². The van der Waals surface area contributed by atoms with E-state index in [0.29, 0.717) is 19.1 Å². The SMILES string of the molecule is CCOC(=O)CCCCN(c1ncncn1)C1CC(C)(C)NC(C)(C)C1. The summed E-state index contributed by atoms with van der Waals surface area (Å²) in [5.41, 5.74) is 0.0885. The highest BCUT2D eigenvalue weighted by Crippen LogP contribution is 2.33. The molecule has 1 N–H and O–H groups in total. The highest BCUT2D eigenvalue weighted by Gasteiger charge is 2.40. The van der Waals surface area contributed by atoms with Crippen LogP contribution >= 0.6 is 0 Å². The summed E-state index contributed by atoms with van der Waals surface area (Å²) in [6.07, 6.45) is 7.28. The number of rotatable bonds is 8. The predicted molar refractivity (Wildman–Crippen MR) is 102 cm³/mol. The van der Waals surface area contributed by atoms with Gasteiger partial charge in [0.25, 0.3) is 0 Å². The molecule has 0 saturated carbocycles. The largest absolute Gasteiger partial charge is 0.466 e. The second-order valence-corrected chi connectivity index (χ2v) is 8.35. The van der Waals surface area contributed by atoms with Crippen molar-refractivity contribution < 1.29 is 9.53 Å². The fraction of sp³-hybridized carbons (Fsp3) is 0.789. The van der Waals surface area contributed by atoms with Crippen LogP contribution in [0.25, 0.3) is 0 Å². The van der Waals surface area contributed by atoms with Crippen molar-refractivity contribution in [2.75, 3.05) is 18.1 Å². The van der Waals surface area contributed by atoms with Crippen molar-refractivity contribution in [1.82, 2.24) is 20.3 Å². The van der Waals surface area contributed by atoms with Crippen LogP contribution in [0, 0.1) is 0 Å². The van der Waals surface area contributed by atoms with Crippen LogP contribution in [0.5, 0.6) is 0 Å². The molecule has 7 nitrogen and oxygen atoms in total. The molecule has 0 aromatic carbocycles. The molecule has 2 rings (SSSR count). The third-order valence-electron chi connectivity index (χ3n) is 4.68. The van der Waals surface area contributed by atoms with E-state index in [-0.39, 0.29) is 17.0 Å². The Morgan fingerprint density at radius 2 is 1.81 bits per heavy atom. The molecule has 1 saturated heterocycles. The number of hydrogen-bond acceptors (Lipinski definition) is 7. The van der Waals surface area contributed by atoms with Crippen molar-refractivity contribution in [1.29, 1.82) is 0 Å². The minimum Gasteiger partial charge on any atom is -0.466 e. The molecule has 0 bridgehead atoms. The van der Waals surface area contributed by atoms with Gasteiger partial charge in [0.2, 0.25) is 5.95 Å². The normalized spacial score (nSPS) is 19.1. The maximum Gasteiger partial charge on any atom is 0.305 e. The Morgan fingerprint density at radius 1 is 1.19 bits per heavy atom. The summed E-state index contributed by atoms with van der Waals surface area (Å²) in [4.78, 5) is 26.6. The van der Waals surface area contributed by atoms with Gasteiger partial charge in [-0.05, 0) is 60.3 Å². The molecule has 0 atom stereocenters. The van der Waals surface area contributed by atoms with E-state index in [4.69, 9.17) is 4.74 Å². The minimum atomic E-state index is -0.122. The molecule has 1 aromatic heterocycles. The zero-order chi connectivity index (χ0) is 19.2. The lowest BCUT2D eigenvalue weighted by Crippen LogP contribution is -2.62. The average molecular weight is 364 g/mol. The molecular weight excluding hydrogens is 330 g/mol. The number of anilines is 1. The standard InChI is InChI=1S/C19H33N5O2/c1-6-26-16(25)9-7-8-10-24(17-21-13-20-14-22-17)15-11-18(2,3)23-19(4,5)12-15/h13-15,23H,6-12H2,1-5H3. The number of unbranched alkanes of at least 4 members (excludes halogenated alkanes) is 1. The van der Waals surface area contributed by atoms with Gasteiger partial charge in [0.1, 0.15) is 12.7 Å². The van der Waals surface area contributed by atoms with E-state index >= 15 is 0 Å². The predicted octanol–water partition coefficient (Wildman–Crippen LogP) is 2.72. The van der Waals surface area contributed by atoms with Crippen LogP contribution in [0.4, 0.5) is 5.95 Å². The first kappa shape index (κ1) is 20.6. The van der Waals surface area contributed by atoms with E-state index in [2.05, 4.69) is 52.9 Å². The molecule has 0 unspecified atom stereocenters. The monoisotopic (exact) mass is 363 g/mol. The fourth-order valence-electron chi connectivity index (χ4n) is 4.10. The van der Waals surface area contributed by atoms with Crippen molar-refractivity contribution in [3.05, 3.63) is 12.7 Å². The number of carbonyl (C=O) groups is 1. The number of carbonyl (C=O) groups excluding carboxylic acids is 1. The molecule has 1 aliphatic heterocycles. The first-order chi connectivity index (χ1) is 12.2. The Morgan fingerprint density at radius 3 is 2.38 bits per heavy atom. The van der Waals surface area contributed by atoms with Crippen molar-refractivity contribution >= 4 is 11.9 Å². The lowest BCUT2D eigenvalue weighted by Gasteiger charge is -2.49. The number of nitrogens with zero attached hydrogens (tertiary/aromatic N) is 4. The fourth-order valence-corrected chi connectivity index (χ4v) is 4.10. The van der Waals surface area contributed by atoms with E-state index in [0.717, 1.165) is 38.2 Å². The Kier molecular flexibility index (Phi) is 6.92. The number of aromatic nitrogens is 3. The number of esters is 1. The van der Waals surface area contributed by atoms with E-state index in [9.17, 15) is 4.79 Å². The maximum absolute atomic E-state index is 11.6. The summed E-state index contributed by atoms with van der Waals surface area (Å²) in [6, 6.07) is 0.339. The molecule has 7 heteroatoms. The van der Waals surface area contributed by atoms with Crippen LogP contribution in [0.3, 0.4) is 0 Å². The van der Waals surface area contributed by atoms with Gasteiger partial charge in [0, 0.05) is 30.1 Å². The maximum atomic E-state index is 11.6. The summed E-state index contributed by atoms with van der Waals surface area (Å²) in [5.74, 6) is 0.595. The van der Waals surface area contributed by atoms with Crippen LogP contribution in [0.15, 0.2) is 12.7 Å². The van der Waals surface area contributed by atoms with E-state index < -0.39 is 0 Å². The lowest BCUT2D eigenvalue weighted by molar-refractivity contribution is -0.143. The summed E-state index contributed by atoms with van der Waals surface area (Å²) in [6.45, 7) is 12.1. The van der Waals surface area contributed by atoms with Crippen LogP contribution in [-0.2, 0) is 9.53 Å². The Hall–Kier alpha value is -1.76. The molecule has 1 aliphatic rings. The molecule has 0 spiro atoms. The number of ether oxygens (including phenoxy) is 1. The van der Waals surface area contributed by atoms with Crippen molar-refractivity contribution in [3.8, 4) is 0 Å². The second-order valence-electron chi connectivity index (χ2n) is 8.35. The van der Waals surface area contributed by atoms with Gasteiger partial charge in [-0.2, -0.15) is 0 Å². The number of piperidine rings is 1. The smallest absolute Gasteiger partial charge is 0.305 e. The summed E-state index contributed by atoms with van der Waals surface area (Å²) < 4.78 is 5.01. The van der Waals surface area contributed by atoms with Gasteiger partial charge < -0.3 is 15.0 Å². The summed E-state index contributed by atoms with van der Waals surface area (Å²) in [7, 11) is 0. The van der Waals surface area contributed by atoms with Crippen LogP contribution in [0.2, 0.25) is 0 Å². The third-order valence-corrected chi connectivity index (χ3v) is 4.68. The lowest BCUT2D eigenvalue weighted by atomic mass is 9.79. The highest BCUT2D eigenvalue weighted by atomic mass is 16.5. The second kappa shape index (κ2) is 8.75.